The summed E-state index contributed by atoms with van der Waals surface area (Å²) in [4.78, 5) is 9.05. The van der Waals surface area contributed by atoms with Crippen molar-refractivity contribution in [2.45, 2.75) is 45.6 Å². The fourth-order valence-corrected chi connectivity index (χ4v) is 2.19. The van der Waals surface area contributed by atoms with Crippen LogP contribution in [0.4, 0.5) is 5.82 Å². The van der Waals surface area contributed by atoms with E-state index in [0.717, 1.165) is 31.0 Å². The van der Waals surface area contributed by atoms with E-state index in [1.165, 1.54) is 24.1 Å². The predicted octanol–water partition coefficient (Wildman–Crippen LogP) is 2.11. The molecular weight excluding hydrogens is 214 g/mol. The smallest absolute Gasteiger partial charge is 0.133 e. The molecule has 17 heavy (non-hydrogen) atoms. The molecule has 0 saturated carbocycles. The van der Waals surface area contributed by atoms with Crippen molar-refractivity contribution < 1.29 is 4.74 Å². The molecule has 0 aliphatic heterocycles. The third-order valence-corrected chi connectivity index (χ3v) is 3.25. The minimum atomic E-state index is 0.199. The quantitative estimate of drug-likeness (QED) is 0.868. The highest BCUT2D eigenvalue weighted by molar-refractivity contribution is 5.47. The van der Waals surface area contributed by atoms with Gasteiger partial charge >= 0.3 is 0 Å². The summed E-state index contributed by atoms with van der Waals surface area (Å²) in [5.74, 6) is 1.87. The molecule has 1 aliphatic rings. The van der Waals surface area contributed by atoms with Crippen LogP contribution < -0.4 is 5.32 Å². The van der Waals surface area contributed by atoms with E-state index in [-0.39, 0.29) is 6.10 Å². The maximum absolute atomic E-state index is 5.24. The first kappa shape index (κ1) is 12.3. The van der Waals surface area contributed by atoms with Crippen LogP contribution in [-0.4, -0.2) is 29.7 Å². The van der Waals surface area contributed by atoms with E-state index in [1.54, 1.807) is 7.11 Å². The van der Waals surface area contributed by atoms with Gasteiger partial charge in [-0.2, -0.15) is 0 Å². The van der Waals surface area contributed by atoms with Crippen molar-refractivity contribution in [2.75, 3.05) is 19.0 Å². The van der Waals surface area contributed by atoms with E-state index in [9.17, 15) is 0 Å². The molecule has 1 aromatic rings. The van der Waals surface area contributed by atoms with Crippen LogP contribution in [0, 0.1) is 6.92 Å². The van der Waals surface area contributed by atoms with Crippen LogP contribution in [0.1, 0.15) is 36.8 Å². The molecule has 4 heteroatoms. The van der Waals surface area contributed by atoms with Crippen molar-refractivity contribution in [3.8, 4) is 0 Å². The average Bonchev–Trinajstić information content (AvgIpc) is 2.35. The molecule has 0 amide bonds. The van der Waals surface area contributed by atoms with Gasteiger partial charge in [0.1, 0.15) is 11.6 Å². The van der Waals surface area contributed by atoms with Gasteiger partial charge in [-0.05, 0) is 39.5 Å². The molecule has 1 atom stereocenters. The molecule has 94 valence electrons. The number of methoxy groups -OCH3 is 1. The first-order valence-corrected chi connectivity index (χ1v) is 6.33. The van der Waals surface area contributed by atoms with E-state index >= 15 is 0 Å². The molecule has 0 spiro atoms. The number of nitrogens with one attached hydrogen (secondary N) is 1. The summed E-state index contributed by atoms with van der Waals surface area (Å²) in [6, 6.07) is 0. The number of fused-ring (bicyclic) bond motifs is 1. The fourth-order valence-electron chi connectivity index (χ4n) is 2.19. The highest BCUT2D eigenvalue weighted by Crippen LogP contribution is 2.25. The normalized spacial score (nSPS) is 16.4. The van der Waals surface area contributed by atoms with E-state index in [2.05, 4.69) is 15.3 Å². The summed E-state index contributed by atoms with van der Waals surface area (Å²) in [6.07, 6.45) is 4.88. The van der Waals surface area contributed by atoms with Crippen LogP contribution in [-0.2, 0) is 17.6 Å². The Morgan fingerprint density at radius 1 is 1.29 bits per heavy atom. The number of hydrogen-bond donors (Lipinski definition) is 1. The lowest BCUT2D eigenvalue weighted by atomic mass is 9.96. The van der Waals surface area contributed by atoms with Gasteiger partial charge in [-0.25, -0.2) is 9.97 Å². The van der Waals surface area contributed by atoms with Gasteiger partial charge in [0.2, 0.25) is 0 Å². The molecule has 1 aromatic heterocycles. The van der Waals surface area contributed by atoms with Gasteiger partial charge < -0.3 is 10.1 Å². The second-order valence-electron chi connectivity index (χ2n) is 4.68. The molecular formula is C13H21N3O. The lowest BCUT2D eigenvalue weighted by molar-refractivity contribution is 0.128. The van der Waals surface area contributed by atoms with Crippen LogP contribution in [0.15, 0.2) is 0 Å². The SMILES string of the molecule is COC(C)CNc1nc(C)nc2c1CCCC2. The van der Waals surface area contributed by atoms with Crippen LogP contribution in [0.5, 0.6) is 0 Å². The standard InChI is InChI=1S/C13H21N3O/c1-9(17-3)8-14-13-11-6-4-5-7-12(11)15-10(2)16-13/h9H,4-8H2,1-3H3,(H,14,15,16). The topological polar surface area (TPSA) is 47.0 Å². The monoisotopic (exact) mass is 235 g/mol. The van der Waals surface area contributed by atoms with Gasteiger partial charge in [0, 0.05) is 24.9 Å². The Bertz CT molecular complexity index is 392. The molecule has 0 aromatic carbocycles. The van der Waals surface area contributed by atoms with Crippen LogP contribution in [0.25, 0.3) is 0 Å². The first-order valence-electron chi connectivity index (χ1n) is 6.33. The zero-order chi connectivity index (χ0) is 12.3. The second kappa shape index (κ2) is 5.45. The largest absolute Gasteiger partial charge is 0.380 e. The highest BCUT2D eigenvalue weighted by atomic mass is 16.5. The van der Waals surface area contributed by atoms with E-state index in [0.29, 0.717) is 0 Å². The van der Waals surface area contributed by atoms with Gasteiger partial charge in [-0.1, -0.05) is 0 Å². The van der Waals surface area contributed by atoms with Crippen molar-refractivity contribution in [1.82, 2.24) is 9.97 Å². The second-order valence-corrected chi connectivity index (χ2v) is 4.68. The zero-order valence-electron chi connectivity index (χ0n) is 10.9. The first-order chi connectivity index (χ1) is 8.20. The Hall–Kier alpha value is -1.16. The lowest BCUT2D eigenvalue weighted by Gasteiger charge is -2.20. The highest BCUT2D eigenvalue weighted by Gasteiger charge is 2.16. The van der Waals surface area contributed by atoms with Gasteiger partial charge in [-0.3, -0.25) is 0 Å². The molecule has 1 aliphatic carbocycles. The molecule has 0 fully saturated rings. The Balaban J connectivity index is 2.17. The van der Waals surface area contributed by atoms with Crippen molar-refractivity contribution in [2.24, 2.45) is 0 Å². The van der Waals surface area contributed by atoms with Gasteiger partial charge in [-0.15, -0.1) is 0 Å². The Morgan fingerprint density at radius 3 is 2.82 bits per heavy atom. The maximum atomic E-state index is 5.24. The number of aromatic nitrogens is 2. The Labute approximate surface area is 103 Å². The van der Waals surface area contributed by atoms with E-state index < -0.39 is 0 Å². The third kappa shape index (κ3) is 2.94. The minimum Gasteiger partial charge on any atom is -0.380 e. The van der Waals surface area contributed by atoms with Crippen LogP contribution in [0.3, 0.4) is 0 Å². The maximum Gasteiger partial charge on any atom is 0.133 e. The molecule has 1 N–H and O–H groups in total. The molecule has 0 bridgehead atoms. The number of ether oxygens (including phenoxy) is 1. The summed E-state index contributed by atoms with van der Waals surface area (Å²) in [6.45, 7) is 4.80. The van der Waals surface area contributed by atoms with Crippen molar-refractivity contribution in [1.29, 1.82) is 0 Å². The van der Waals surface area contributed by atoms with Crippen molar-refractivity contribution >= 4 is 5.82 Å². The summed E-state index contributed by atoms with van der Waals surface area (Å²) < 4.78 is 5.24. The van der Waals surface area contributed by atoms with Crippen LogP contribution >= 0.6 is 0 Å². The Kier molecular flexibility index (Phi) is 3.94. The summed E-state index contributed by atoms with van der Waals surface area (Å²) in [7, 11) is 1.73. The molecule has 4 nitrogen and oxygen atoms in total. The summed E-state index contributed by atoms with van der Waals surface area (Å²) in [5.41, 5.74) is 2.54. The van der Waals surface area contributed by atoms with Gasteiger partial charge in [0.25, 0.3) is 0 Å². The average molecular weight is 235 g/mol. The number of hydrogen-bond acceptors (Lipinski definition) is 4. The molecule has 1 heterocycles. The molecule has 2 rings (SSSR count). The molecule has 0 radical (unpaired) electrons. The predicted molar refractivity (Wildman–Crippen MR) is 68.4 cm³/mol. The Morgan fingerprint density at radius 2 is 2.06 bits per heavy atom. The van der Waals surface area contributed by atoms with E-state index in [1.807, 2.05) is 13.8 Å². The summed E-state index contributed by atoms with van der Waals surface area (Å²) >= 11 is 0. The van der Waals surface area contributed by atoms with Crippen LogP contribution in [0.2, 0.25) is 0 Å². The summed E-state index contributed by atoms with van der Waals surface area (Å²) in [5, 5.41) is 3.39. The van der Waals surface area contributed by atoms with Gasteiger partial charge in [0.05, 0.1) is 6.10 Å². The number of nitrogens with zero attached hydrogens (tertiary/aromatic N) is 2. The number of rotatable bonds is 4. The third-order valence-electron chi connectivity index (χ3n) is 3.25. The molecule has 0 saturated heterocycles. The fraction of sp³-hybridized carbons (Fsp3) is 0.692. The lowest BCUT2D eigenvalue weighted by Crippen LogP contribution is -2.21. The van der Waals surface area contributed by atoms with Crippen molar-refractivity contribution in [3.63, 3.8) is 0 Å². The van der Waals surface area contributed by atoms with Gasteiger partial charge in [0.15, 0.2) is 0 Å². The van der Waals surface area contributed by atoms with Crippen molar-refractivity contribution in [3.05, 3.63) is 17.1 Å². The zero-order valence-corrected chi connectivity index (χ0v) is 10.9. The number of aryl methyl sites for hydroxylation is 2. The number of anilines is 1. The minimum absolute atomic E-state index is 0.199. The van der Waals surface area contributed by atoms with E-state index in [4.69, 9.17) is 4.74 Å². The molecule has 1 unspecified atom stereocenters.